The van der Waals surface area contributed by atoms with Crippen molar-refractivity contribution in [1.82, 2.24) is 9.97 Å². The molecule has 0 fully saturated rings. The van der Waals surface area contributed by atoms with Crippen LogP contribution in [0.5, 0.6) is 0 Å². The molecule has 0 aromatic carbocycles. The fourth-order valence-electron chi connectivity index (χ4n) is 1.38. The van der Waals surface area contributed by atoms with Crippen LogP contribution in [0.4, 0.5) is 5.82 Å². The van der Waals surface area contributed by atoms with E-state index in [0.29, 0.717) is 0 Å². The maximum absolute atomic E-state index is 4.50. The fourth-order valence-corrected chi connectivity index (χ4v) is 2.26. The van der Waals surface area contributed by atoms with Gasteiger partial charge in [-0.15, -0.1) is 11.3 Å². The summed E-state index contributed by atoms with van der Waals surface area (Å²) in [7, 11) is 0. The van der Waals surface area contributed by atoms with Crippen molar-refractivity contribution in [3.63, 3.8) is 0 Å². The van der Waals surface area contributed by atoms with Gasteiger partial charge in [0.2, 0.25) is 0 Å². The molecule has 0 saturated carbocycles. The van der Waals surface area contributed by atoms with Crippen LogP contribution in [0, 0.1) is 6.92 Å². The quantitative estimate of drug-likeness (QED) is 0.862. The van der Waals surface area contributed by atoms with Gasteiger partial charge < -0.3 is 5.32 Å². The first kappa shape index (κ1) is 10.1. The molecule has 0 aliphatic heterocycles. The molecule has 1 N–H and O–H groups in total. The molecule has 2 aromatic heterocycles. The molecule has 15 heavy (non-hydrogen) atoms. The molecular weight excluding hydrogens is 206 g/mol. The van der Waals surface area contributed by atoms with Crippen LogP contribution in [-0.4, -0.2) is 16.5 Å². The van der Waals surface area contributed by atoms with Crippen molar-refractivity contribution in [2.45, 2.75) is 13.8 Å². The van der Waals surface area contributed by atoms with Gasteiger partial charge in [-0.1, -0.05) is 0 Å². The average Bonchev–Trinajstić information content (AvgIpc) is 2.65. The molecule has 0 spiro atoms. The lowest BCUT2D eigenvalue weighted by molar-refractivity contribution is 1.13. The van der Waals surface area contributed by atoms with E-state index in [1.807, 2.05) is 6.92 Å². The van der Waals surface area contributed by atoms with Gasteiger partial charge >= 0.3 is 0 Å². The zero-order chi connectivity index (χ0) is 10.7. The Balaban J connectivity index is 2.37. The Labute approximate surface area is 93.2 Å². The van der Waals surface area contributed by atoms with E-state index in [1.54, 1.807) is 23.7 Å². The predicted octanol–water partition coefficient (Wildman–Crippen LogP) is 2.95. The second-order valence-electron chi connectivity index (χ2n) is 3.25. The zero-order valence-corrected chi connectivity index (χ0v) is 9.64. The molecule has 0 atom stereocenters. The second-order valence-corrected chi connectivity index (χ2v) is 4.17. The molecule has 2 aromatic rings. The third kappa shape index (κ3) is 2.15. The fraction of sp³-hybridized carbons (Fsp3) is 0.273. The Hall–Kier alpha value is -1.42. The Morgan fingerprint density at radius 2 is 2.27 bits per heavy atom. The van der Waals surface area contributed by atoms with E-state index in [2.05, 4.69) is 33.7 Å². The SMILES string of the molecule is CCNc1cncc(-c2sccc2C)n1. The topological polar surface area (TPSA) is 37.8 Å². The summed E-state index contributed by atoms with van der Waals surface area (Å²) in [6.45, 7) is 5.00. The van der Waals surface area contributed by atoms with Crippen LogP contribution in [0.15, 0.2) is 23.8 Å². The molecule has 0 bridgehead atoms. The number of thiophene rings is 1. The third-order valence-corrected chi connectivity index (χ3v) is 3.13. The van der Waals surface area contributed by atoms with Gasteiger partial charge in [0.15, 0.2) is 0 Å². The average molecular weight is 219 g/mol. The van der Waals surface area contributed by atoms with Gasteiger partial charge in [0, 0.05) is 6.54 Å². The number of anilines is 1. The van der Waals surface area contributed by atoms with Crippen LogP contribution >= 0.6 is 11.3 Å². The lowest BCUT2D eigenvalue weighted by atomic mass is 10.2. The van der Waals surface area contributed by atoms with E-state index in [0.717, 1.165) is 18.1 Å². The van der Waals surface area contributed by atoms with E-state index in [1.165, 1.54) is 10.4 Å². The number of aryl methyl sites for hydroxylation is 1. The lowest BCUT2D eigenvalue weighted by Gasteiger charge is -2.03. The minimum absolute atomic E-state index is 0.836. The van der Waals surface area contributed by atoms with E-state index >= 15 is 0 Å². The van der Waals surface area contributed by atoms with Crippen LogP contribution in [0.2, 0.25) is 0 Å². The Kier molecular flexibility index (Phi) is 2.97. The van der Waals surface area contributed by atoms with E-state index in [4.69, 9.17) is 0 Å². The normalized spacial score (nSPS) is 10.3. The molecule has 0 radical (unpaired) electrons. The summed E-state index contributed by atoms with van der Waals surface area (Å²) in [4.78, 5) is 9.88. The number of nitrogens with one attached hydrogen (secondary N) is 1. The highest BCUT2D eigenvalue weighted by Crippen LogP contribution is 2.27. The van der Waals surface area contributed by atoms with E-state index < -0.39 is 0 Å². The molecule has 78 valence electrons. The van der Waals surface area contributed by atoms with Gasteiger partial charge in [-0.05, 0) is 30.9 Å². The molecular formula is C11H13N3S. The Morgan fingerprint density at radius 3 is 2.93 bits per heavy atom. The summed E-state index contributed by atoms with van der Waals surface area (Å²) in [6.07, 6.45) is 3.55. The number of hydrogen-bond acceptors (Lipinski definition) is 4. The van der Waals surface area contributed by atoms with Crippen LogP contribution in [0.1, 0.15) is 12.5 Å². The standard InChI is InChI=1S/C11H13N3S/c1-3-13-10-7-12-6-9(14-10)11-8(2)4-5-15-11/h4-7H,3H2,1-2H3,(H,13,14). The van der Waals surface area contributed by atoms with Gasteiger partial charge in [-0.2, -0.15) is 0 Å². The number of rotatable bonds is 3. The second kappa shape index (κ2) is 4.40. The highest BCUT2D eigenvalue weighted by molar-refractivity contribution is 7.13. The zero-order valence-electron chi connectivity index (χ0n) is 8.82. The third-order valence-electron chi connectivity index (χ3n) is 2.09. The highest BCUT2D eigenvalue weighted by Gasteiger charge is 2.05. The smallest absolute Gasteiger partial charge is 0.145 e. The summed E-state index contributed by atoms with van der Waals surface area (Å²) >= 11 is 1.70. The van der Waals surface area contributed by atoms with Gasteiger partial charge in [0.05, 0.1) is 17.3 Å². The van der Waals surface area contributed by atoms with Gasteiger partial charge in [0.25, 0.3) is 0 Å². The maximum Gasteiger partial charge on any atom is 0.145 e. The Bertz CT molecular complexity index is 451. The molecule has 3 nitrogen and oxygen atoms in total. The minimum atomic E-state index is 0.836. The summed E-state index contributed by atoms with van der Waals surface area (Å²) < 4.78 is 0. The molecule has 2 rings (SSSR count). The number of aromatic nitrogens is 2. The largest absolute Gasteiger partial charge is 0.369 e. The predicted molar refractivity (Wildman–Crippen MR) is 64.2 cm³/mol. The molecule has 2 heterocycles. The van der Waals surface area contributed by atoms with Crippen molar-refractivity contribution in [1.29, 1.82) is 0 Å². The first-order chi connectivity index (χ1) is 7.31. The monoisotopic (exact) mass is 219 g/mol. The maximum atomic E-state index is 4.50. The first-order valence-corrected chi connectivity index (χ1v) is 5.79. The summed E-state index contributed by atoms with van der Waals surface area (Å²) in [5.41, 5.74) is 2.20. The van der Waals surface area contributed by atoms with Crippen molar-refractivity contribution in [3.8, 4) is 10.6 Å². The van der Waals surface area contributed by atoms with Crippen molar-refractivity contribution in [2.75, 3.05) is 11.9 Å². The minimum Gasteiger partial charge on any atom is -0.369 e. The molecule has 0 saturated heterocycles. The molecule has 0 aliphatic carbocycles. The summed E-state index contributed by atoms with van der Waals surface area (Å²) in [5.74, 6) is 0.836. The van der Waals surface area contributed by atoms with E-state index in [9.17, 15) is 0 Å². The van der Waals surface area contributed by atoms with Crippen molar-refractivity contribution in [2.24, 2.45) is 0 Å². The van der Waals surface area contributed by atoms with Crippen LogP contribution in [0.25, 0.3) is 10.6 Å². The lowest BCUT2D eigenvalue weighted by Crippen LogP contribution is -2.00. The molecule has 0 aliphatic rings. The number of nitrogens with zero attached hydrogens (tertiary/aromatic N) is 2. The highest BCUT2D eigenvalue weighted by atomic mass is 32.1. The van der Waals surface area contributed by atoms with Gasteiger partial charge in [-0.3, -0.25) is 4.98 Å². The van der Waals surface area contributed by atoms with Gasteiger partial charge in [-0.25, -0.2) is 4.98 Å². The molecule has 0 amide bonds. The van der Waals surface area contributed by atoms with E-state index in [-0.39, 0.29) is 0 Å². The van der Waals surface area contributed by atoms with Crippen LogP contribution in [-0.2, 0) is 0 Å². The summed E-state index contributed by atoms with van der Waals surface area (Å²) in [6, 6.07) is 2.10. The first-order valence-electron chi connectivity index (χ1n) is 4.91. The van der Waals surface area contributed by atoms with Crippen LogP contribution < -0.4 is 5.32 Å². The van der Waals surface area contributed by atoms with Crippen molar-refractivity contribution < 1.29 is 0 Å². The Morgan fingerprint density at radius 1 is 1.40 bits per heavy atom. The molecule has 0 unspecified atom stereocenters. The van der Waals surface area contributed by atoms with Gasteiger partial charge in [0.1, 0.15) is 11.5 Å². The van der Waals surface area contributed by atoms with Crippen LogP contribution in [0.3, 0.4) is 0 Å². The summed E-state index contributed by atoms with van der Waals surface area (Å²) in [5, 5.41) is 5.24. The molecule has 4 heteroatoms. The number of hydrogen-bond donors (Lipinski definition) is 1. The van der Waals surface area contributed by atoms with Crippen molar-refractivity contribution in [3.05, 3.63) is 29.4 Å². The van der Waals surface area contributed by atoms with Crippen molar-refractivity contribution >= 4 is 17.2 Å².